The zero-order valence-electron chi connectivity index (χ0n) is 17.9. The second-order valence-electron chi connectivity index (χ2n) is 8.61. The van der Waals surface area contributed by atoms with E-state index in [0.29, 0.717) is 0 Å². The van der Waals surface area contributed by atoms with E-state index in [1.165, 1.54) is 0 Å². The van der Waals surface area contributed by atoms with E-state index < -0.39 is 0 Å². The highest BCUT2D eigenvalue weighted by atomic mass is 16.5. The van der Waals surface area contributed by atoms with Crippen LogP contribution < -0.4 is 0 Å². The van der Waals surface area contributed by atoms with Crippen molar-refractivity contribution in [1.29, 1.82) is 0 Å². The third kappa shape index (κ3) is 4.22. The van der Waals surface area contributed by atoms with Gasteiger partial charge in [0.2, 0.25) is 12.1 Å². The fraction of sp³-hybridized carbons (Fsp3) is 0.214. The molecule has 0 aliphatic heterocycles. The lowest BCUT2D eigenvalue weighted by molar-refractivity contribution is -0.598. The minimum atomic E-state index is -0.357. The SMILES string of the molecule is [O-]/[N+](=C\c1ccc2ccccc2c1)[C@H]1CCCC[C@@H]1/[N+]([O-])=C\c1ccc2ccccc2c1. The zero-order chi connectivity index (χ0) is 21.9. The molecule has 5 rings (SSSR count). The third-order valence-electron chi connectivity index (χ3n) is 6.45. The Bertz CT molecular complexity index is 1220. The van der Waals surface area contributed by atoms with Crippen LogP contribution in [0.2, 0.25) is 0 Å². The van der Waals surface area contributed by atoms with Crippen molar-refractivity contribution in [2.24, 2.45) is 0 Å². The molecule has 2 atom stereocenters. The molecule has 1 aliphatic rings. The molecule has 4 nitrogen and oxygen atoms in total. The summed E-state index contributed by atoms with van der Waals surface area (Å²) >= 11 is 0. The first kappa shape index (κ1) is 20.3. The molecule has 4 aromatic rings. The fourth-order valence-corrected chi connectivity index (χ4v) is 4.75. The first-order chi connectivity index (χ1) is 15.7. The number of hydrogen-bond acceptors (Lipinski definition) is 2. The summed E-state index contributed by atoms with van der Waals surface area (Å²) in [5, 5.41) is 30.8. The van der Waals surface area contributed by atoms with Crippen LogP contribution in [-0.2, 0) is 0 Å². The van der Waals surface area contributed by atoms with Crippen LogP contribution in [0.15, 0.2) is 84.9 Å². The molecule has 160 valence electrons. The molecule has 0 aromatic heterocycles. The summed E-state index contributed by atoms with van der Waals surface area (Å²) in [6.45, 7) is 0. The maximum atomic E-state index is 13.1. The van der Waals surface area contributed by atoms with E-state index >= 15 is 0 Å². The Kier molecular flexibility index (Phi) is 5.59. The highest BCUT2D eigenvalue weighted by molar-refractivity contribution is 5.90. The van der Waals surface area contributed by atoms with Crippen LogP contribution in [0.4, 0.5) is 0 Å². The number of hydroxylamine groups is 2. The van der Waals surface area contributed by atoms with Gasteiger partial charge >= 0.3 is 0 Å². The monoisotopic (exact) mass is 422 g/mol. The smallest absolute Gasteiger partial charge is 0.224 e. The quantitative estimate of drug-likeness (QED) is 0.179. The Labute approximate surface area is 187 Å². The van der Waals surface area contributed by atoms with Gasteiger partial charge in [0, 0.05) is 24.0 Å². The Morgan fingerprint density at radius 2 is 0.969 bits per heavy atom. The second-order valence-corrected chi connectivity index (χ2v) is 8.61. The first-order valence-corrected chi connectivity index (χ1v) is 11.3. The van der Waals surface area contributed by atoms with E-state index in [1.54, 1.807) is 12.4 Å². The predicted molar refractivity (Wildman–Crippen MR) is 132 cm³/mol. The molecule has 1 fully saturated rings. The van der Waals surface area contributed by atoms with Gasteiger partial charge in [0.05, 0.1) is 0 Å². The molecule has 1 aliphatic carbocycles. The Morgan fingerprint density at radius 3 is 1.41 bits per heavy atom. The molecule has 0 saturated heterocycles. The lowest BCUT2D eigenvalue weighted by atomic mass is 9.90. The van der Waals surface area contributed by atoms with E-state index in [4.69, 9.17) is 0 Å². The average molecular weight is 423 g/mol. The minimum Gasteiger partial charge on any atom is -0.623 e. The van der Waals surface area contributed by atoms with Gasteiger partial charge < -0.3 is 10.4 Å². The van der Waals surface area contributed by atoms with Gasteiger partial charge in [-0.25, -0.2) is 9.48 Å². The maximum absolute atomic E-state index is 13.1. The molecule has 0 amide bonds. The van der Waals surface area contributed by atoms with Gasteiger partial charge in [-0.1, -0.05) is 60.7 Å². The van der Waals surface area contributed by atoms with Gasteiger partial charge in [-0.2, -0.15) is 0 Å². The Hall–Kier alpha value is -3.66. The van der Waals surface area contributed by atoms with Gasteiger partial charge in [0.15, 0.2) is 12.4 Å². The summed E-state index contributed by atoms with van der Waals surface area (Å²) < 4.78 is 2.01. The van der Waals surface area contributed by atoms with Crippen LogP contribution in [-0.4, -0.2) is 34.0 Å². The summed E-state index contributed by atoms with van der Waals surface area (Å²) in [5.41, 5.74) is 1.72. The molecule has 0 bridgehead atoms. The predicted octanol–water partition coefficient (Wildman–Crippen LogP) is 5.86. The van der Waals surface area contributed by atoms with Crippen molar-refractivity contribution in [1.82, 2.24) is 0 Å². The fourth-order valence-electron chi connectivity index (χ4n) is 4.75. The van der Waals surface area contributed by atoms with Crippen molar-refractivity contribution in [3.63, 3.8) is 0 Å². The summed E-state index contributed by atoms with van der Waals surface area (Å²) in [6.07, 6.45) is 6.66. The van der Waals surface area contributed by atoms with Crippen LogP contribution in [0.3, 0.4) is 0 Å². The highest BCUT2D eigenvalue weighted by Crippen LogP contribution is 2.24. The molecular weight excluding hydrogens is 396 g/mol. The highest BCUT2D eigenvalue weighted by Gasteiger charge is 2.37. The number of nitrogens with zero attached hydrogens (tertiary/aromatic N) is 2. The van der Waals surface area contributed by atoms with Crippen molar-refractivity contribution in [3.05, 3.63) is 106 Å². The van der Waals surface area contributed by atoms with Crippen molar-refractivity contribution in [2.45, 2.75) is 37.8 Å². The van der Waals surface area contributed by atoms with Crippen LogP contribution in [0.25, 0.3) is 21.5 Å². The normalized spacial score (nSPS) is 20.0. The van der Waals surface area contributed by atoms with Gasteiger partial charge in [0.1, 0.15) is 0 Å². The van der Waals surface area contributed by atoms with Gasteiger partial charge in [0.25, 0.3) is 0 Å². The van der Waals surface area contributed by atoms with E-state index in [2.05, 4.69) is 12.1 Å². The first-order valence-electron chi connectivity index (χ1n) is 11.3. The molecule has 32 heavy (non-hydrogen) atoms. The molecule has 0 heterocycles. The molecule has 4 aromatic carbocycles. The molecule has 0 spiro atoms. The molecule has 0 N–H and O–H groups in total. The van der Waals surface area contributed by atoms with Crippen molar-refractivity contribution >= 4 is 34.0 Å². The molecule has 1 saturated carbocycles. The van der Waals surface area contributed by atoms with Crippen LogP contribution in [0.1, 0.15) is 36.8 Å². The van der Waals surface area contributed by atoms with Crippen molar-refractivity contribution in [2.75, 3.05) is 0 Å². The largest absolute Gasteiger partial charge is 0.623 e. The number of fused-ring (bicyclic) bond motifs is 2. The summed E-state index contributed by atoms with van der Waals surface area (Å²) in [4.78, 5) is 0. The topological polar surface area (TPSA) is 52.1 Å². The van der Waals surface area contributed by atoms with E-state index in [9.17, 15) is 10.4 Å². The van der Waals surface area contributed by atoms with Gasteiger partial charge in [-0.05, 0) is 58.7 Å². The van der Waals surface area contributed by atoms with Crippen molar-refractivity contribution in [3.8, 4) is 0 Å². The molecule has 0 radical (unpaired) electrons. The summed E-state index contributed by atoms with van der Waals surface area (Å²) in [7, 11) is 0. The van der Waals surface area contributed by atoms with E-state index in [-0.39, 0.29) is 12.1 Å². The lowest BCUT2D eigenvalue weighted by Crippen LogP contribution is -2.44. The number of rotatable bonds is 4. The van der Waals surface area contributed by atoms with E-state index in [0.717, 1.165) is 67.8 Å². The number of hydrogen-bond donors (Lipinski definition) is 0. The zero-order valence-corrected chi connectivity index (χ0v) is 17.9. The average Bonchev–Trinajstić information content (AvgIpc) is 2.84. The minimum absolute atomic E-state index is 0.357. The number of benzene rings is 4. The van der Waals surface area contributed by atoms with Crippen molar-refractivity contribution < 1.29 is 9.48 Å². The van der Waals surface area contributed by atoms with Crippen LogP contribution in [0, 0.1) is 10.4 Å². The van der Waals surface area contributed by atoms with E-state index in [1.807, 2.05) is 72.8 Å². The third-order valence-corrected chi connectivity index (χ3v) is 6.45. The van der Waals surface area contributed by atoms with Crippen LogP contribution in [0.5, 0.6) is 0 Å². The summed E-state index contributed by atoms with van der Waals surface area (Å²) in [5.74, 6) is 0. The second kappa shape index (κ2) is 8.83. The molecule has 0 unspecified atom stereocenters. The standard InChI is InChI=1S/C28H26N2O2/c31-29(19-21-13-15-23-7-1-3-9-25(23)17-21)27-11-5-6-12-28(27)30(32)20-22-14-16-24-8-2-4-10-26(24)18-22/h1-4,7-10,13-20,27-28H,5-6,11-12H2/b29-19-,30-20+/t27-,28-/m0/s1. The van der Waals surface area contributed by atoms with Gasteiger partial charge in [-0.15, -0.1) is 0 Å². The summed E-state index contributed by atoms with van der Waals surface area (Å²) in [6, 6.07) is 27.5. The van der Waals surface area contributed by atoms with Crippen LogP contribution >= 0.6 is 0 Å². The molecular formula is C28H26N2O2. The molecule has 4 heteroatoms. The Morgan fingerprint density at radius 1 is 0.562 bits per heavy atom. The maximum Gasteiger partial charge on any atom is 0.224 e. The lowest BCUT2D eigenvalue weighted by Gasteiger charge is -2.28. The Balaban J connectivity index is 1.42. The van der Waals surface area contributed by atoms with Gasteiger partial charge in [-0.3, -0.25) is 0 Å².